The predicted octanol–water partition coefficient (Wildman–Crippen LogP) is -0.567. The topological polar surface area (TPSA) is 257 Å². The van der Waals surface area contributed by atoms with E-state index in [-0.39, 0.29) is 73.4 Å². The van der Waals surface area contributed by atoms with Gasteiger partial charge >= 0.3 is 5.97 Å². The molecule has 5 aliphatic rings. The molecule has 3 aromatic rings. The van der Waals surface area contributed by atoms with Crippen LogP contribution in [0.4, 0.5) is 4.39 Å². The Morgan fingerprint density at radius 1 is 1.05 bits per heavy atom. The Hall–Kier alpha value is -6.63. The first-order valence-electron chi connectivity index (χ1n) is 18.6. The largest absolute Gasteiger partial charge is 0.458 e. The van der Waals surface area contributed by atoms with Crippen LogP contribution in [0.2, 0.25) is 0 Å². The molecule has 2 aromatic heterocycles. The number of cyclic esters (lactones) is 1. The van der Waals surface area contributed by atoms with Gasteiger partial charge in [-0.2, -0.15) is 0 Å². The van der Waals surface area contributed by atoms with E-state index in [0.717, 1.165) is 17.1 Å². The molecule has 4 atom stereocenters. The van der Waals surface area contributed by atoms with E-state index < -0.39 is 95.3 Å². The van der Waals surface area contributed by atoms with Gasteiger partial charge in [0.25, 0.3) is 23.3 Å². The third-order valence-corrected chi connectivity index (χ3v) is 11.7. The second-order valence-corrected chi connectivity index (χ2v) is 14.9. The molecule has 1 fully saturated rings. The second kappa shape index (κ2) is 13.8. The number of nitrogens with two attached hydrogens (primary N) is 1. The van der Waals surface area contributed by atoms with Gasteiger partial charge in [0.05, 0.1) is 47.9 Å². The summed E-state index contributed by atoms with van der Waals surface area (Å²) in [7, 11) is 0. The number of hydrogen-bond acceptors (Lipinski definition) is 12. The number of hydrogen-bond donors (Lipinski definition) is 4. The van der Waals surface area contributed by atoms with Gasteiger partial charge in [-0.3, -0.25) is 48.2 Å². The summed E-state index contributed by atoms with van der Waals surface area (Å²) in [5, 5.41) is 17.1. The number of imide groups is 2. The molecule has 0 bridgehead atoms. The number of nitrogens with one attached hydrogen (secondary N) is 2. The van der Waals surface area contributed by atoms with Gasteiger partial charge in [-0.25, -0.2) is 14.2 Å². The average molecular weight is 798 g/mol. The molecule has 0 radical (unpaired) electrons. The summed E-state index contributed by atoms with van der Waals surface area (Å²) >= 11 is 0. The normalized spacial score (nSPS) is 22.2. The average Bonchev–Trinajstić information content (AvgIpc) is 3.81. The lowest BCUT2D eigenvalue weighted by Gasteiger charge is -2.32. The van der Waals surface area contributed by atoms with Crippen molar-refractivity contribution in [1.82, 2.24) is 30.0 Å². The lowest BCUT2D eigenvalue weighted by Crippen LogP contribution is -2.53. The monoisotopic (exact) mass is 797 g/mol. The second-order valence-electron chi connectivity index (χ2n) is 14.9. The molecule has 0 saturated carbocycles. The van der Waals surface area contributed by atoms with Gasteiger partial charge in [0.2, 0.25) is 23.6 Å². The minimum Gasteiger partial charge on any atom is -0.458 e. The van der Waals surface area contributed by atoms with Crippen LogP contribution in [0.5, 0.6) is 0 Å². The highest BCUT2D eigenvalue weighted by Crippen LogP contribution is 2.46. The van der Waals surface area contributed by atoms with Crippen molar-refractivity contribution < 1.29 is 52.6 Å². The Morgan fingerprint density at radius 3 is 2.47 bits per heavy atom. The molecule has 7 amide bonds. The van der Waals surface area contributed by atoms with Crippen molar-refractivity contribution in [1.29, 1.82) is 0 Å². The number of carbonyl (C=O) groups excluding carboxylic acids is 8. The molecule has 300 valence electrons. The summed E-state index contributed by atoms with van der Waals surface area (Å²) in [5.41, 5.74) is 5.71. The summed E-state index contributed by atoms with van der Waals surface area (Å²) in [6.45, 7) is 2.49. The van der Waals surface area contributed by atoms with Crippen LogP contribution < -0.4 is 21.9 Å². The van der Waals surface area contributed by atoms with E-state index in [9.17, 15) is 48.3 Å². The lowest BCUT2D eigenvalue weighted by atomic mass is 9.81. The van der Waals surface area contributed by atoms with Crippen molar-refractivity contribution in [2.75, 3.05) is 6.54 Å². The Labute approximate surface area is 327 Å². The molecule has 18 nitrogen and oxygen atoms in total. The van der Waals surface area contributed by atoms with Crippen molar-refractivity contribution in [2.45, 2.75) is 89.3 Å². The fraction of sp³-hybridized carbons (Fsp3) is 0.385. The Kier molecular flexibility index (Phi) is 9.09. The maximum Gasteiger partial charge on any atom is 0.343 e. The molecule has 58 heavy (non-hydrogen) atoms. The number of primary amides is 1. The molecule has 1 aromatic carbocycles. The summed E-state index contributed by atoms with van der Waals surface area (Å²) < 4.78 is 22.0. The van der Waals surface area contributed by atoms with E-state index in [1.807, 2.05) is 0 Å². The van der Waals surface area contributed by atoms with E-state index in [1.54, 1.807) is 13.8 Å². The van der Waals surface area contributed by atoms with E-state index in [0.29, 0.717) is 32.5 Å². The van der Waals surface area contributed by atoms with Crippen LogP contribution in [-0.4, -0.2) is 90.4 Å². The summed E-state index contributed by atoms with van der Waals surface area (Å²) in [6, 6.07) is -1.29. The van der Waals surface area contributed by atoms with Gasteiger partial charge in [-0.15, -0.1) is 0 Å². The van der Waals surface area contributed by atoms with Crippen molar-refractivity contribution >= 4 is 58.2 Å². The Bertz CT molecular complexity index is 2550. The number of benzene rings is 1. The maximum atomic E-state index is 15.4. The van der Waals surface area contributed by atoms with Crippen LogP contribution in [-0.2, 0) is 68.3 Å². The molecule has 5 N–H and O–H groups in total. The molecule has 4 aliphatic heterocycles. The molecule has 19 heteroatoms. The number of aryl methyl sites for hydroxylation is 1. The molecule has 1 saturated heterocycles. The van der Waals surface area contributed by atoms with Gasteiger partial charge in [0.15, 0.2) is 5.60 Å². The van der Waals surface area contributed by atoms with Crippen LogP contribution in [0.1, 0.15) is 78.5 Å². The molecule has 8 rings (SSSR count). The number of amides is 7. The van der Waals surface area contributed by atoms with E-state index in [2.05, 4.69) is 10.6 Å². The number of aliphatic hydroxyl groups is 1. The van der Waals surface area contributed by atoms with Crippen molar-refractivity contribution in [3.8, 4) is 11.4 Å². The number of likely N-dealkylation sites (tertiary alicyclic amines) is 1. The Balaban J connectivity index is 1.12. The van der Waals surface area contributed by atoms with Crippen molar-refractivity contribution in [3.63, 3.8) is 0 Å². The van der Waals surface area contributed by atoms with Gasteiger partial charge < -0.3 is 30.8 Å². The number of pyridine rings is 2. The smallest absolute Gasteiger partial charge is 0.343 e. The summed E-state index contributed by atoms with van der Waals surface area (Å²) in [4.78, 5) is 123. The number of fused-ring (bicyclic) bond motifs is 5. The SMILES string of the molecule is CC[C@@]1(O)C(=O)OCc2c1cc1n(c2=O)Cc2c-1nc1cc(F)c(C)c3c1c2[C@@H](NC(=O)[C@H](CC(N)=O)N1C(=O)C[C@H](NC(=O)CCN2C(=O)C=CC2=O)C1=O)CC3. The highest BCUT2D eigenvalue weighted by atomic mass is 19.1. The first kappa shape index (κ1) is 38.3. The van der Waals surface area contributed by atoms with Crippen LogP contribution in [0.15, 0.2) is 29.1 Å². The molecule has 6 heterocycles. The number of ether oxygens (including phenoxy) is 1. The number of rotatable bonds is 10. The molecule has 1 aliphatic carbocycles. The number of esters is 1. The lowest BCUT2D eigenvalue weighted by molar-refractivity contribution is -0.172. The van der Waals surface area contributed by atoms with Crippen molar-refractivity contribution in [3.05, 3.63) is 73.8 Å². The first-order chi connectivity index (χ1) is 27.5. The summed E-state index contributed by atoms with van der Waals surface area (Å²) in [5.74, 6) is -7.18. The van der Waals surface area contributed by atoms with Crippen LogP contribution in [0.25, 0.3) is 22.3 Å². The Morgan fingerprint density at radius 2 is 1.78 bits per heavy atom. The minimum absolute atomic E-state index is 0.0540. The minimum atomic E-state index is -2.10. The van der Waals surface area contributed by atoms with Crippen LogP contribution in [0, 0.1) is 12.7 Å². The molecular formula is C39H36FN7O11. The van der Waals surface area contributed by atoms with E-state index in [4.69, 9.17) is 15.5 Å². The van der Waals surface area contributed by atoms with Crippen molar-refractivity contribution in [2.24, 2.45) is 5.73 Å². The first-order valence-corrected chi connectivity index (χ1v) is 18.6. The van der Waals surface area contributed by atoms with Crippen LogP contribution in [0.3, 0.4) is 0 Å². The molecular weight excluding hydrogens is 761 g/mol. The van der Waals surface area contributed by atoms with E-state index in [1.165, 1.54) is 16.7 Å². The molecule has 0 spiro atoms. The quantitative estimate of drug-likeness (QED) is 0.116. The van der Waals surface area contributed by atoms with E-state index >= 15 is 4.39 Å². The number of halogens is 1. The zero-order valence-electron chi connectivity index (χ0n) is 31.2. The molecule has 0 unspecified atom stereocenters. The predicted molar refractivity (Wildman–Crippen MR) is 195 cm³/mol. The summed E-state index contributed by atoms with van der Waals surface area (Å²) in [6.07, 6.45) is 0.799. The zero-order valence-corrected chi connectivity index (χ0v) is 31.2. The maximum absolute atomic E-state index is 15.4. The number of carbonyl (C=O) groups is 8. The standard InChI is InChI=1S/C39H36FN7O11/c1-3-39(57)20-10-25-34-18(14-46(25)36(54)19(20)15-58-38(39)56)33-22(5-4-17-16(2)21(40)11-23(43-34)32(17)33)44-35(53)26(13-27(41)48)47-31(52)12-24(37(47)55)42-28(49)8-9-45-29(50)6-7-30(45)51/h6-7,10-11,22,24,26,57H,3-5,8-9,12-15H2,1-2H3,(H2,41,48)(H,42,49)(H,44,53)/t22-,24-,26-,39-/m0/s1. The number of nitrogens with zero attached hydrogens (tertiary/aromatic N) is 4. The third kappa shape index (κ3) is 5.86. The van der Waals surface area contributed by atoms with Gasteiger partial charge in [0, 0.05) is 47.7 Å². The fourth-order valence-corrected chi connectivity index (χ4v) is 8.68. The fourth-order valence-electron chi connectivity index (χ4n) is 8.68. The van der Waals surface area contributed by atoms with Crippen LogP contribution >= 0.6 is 0 Å². The van der Waals surface area contributed by atoms with Gasteiger partial charge in [0.1, 0.15) is 24.5 Å². The zero-order chi connectivity index (χ0) is 41.5. The number of aromatic nitrogens is 2. The highest BCUT2D eigenvalue weighted by Gasteiger charge is 2.48. The third-order valence-electron chi connectivity index (χ3n) is 11.7. The van der Waals surface area contributed by atoms with Gasteiger partial charge in [-0.1, -0.05) is 6.92 Å². The highest BCUT2D eigenvalue weighted by molar-refractivity contribution is 6.13. The van der Waals surface area contributed by atoms with Gasteiger partial charge in [-0.05, 0) is 48.9 Å².